The van der Waals surface area contributed by atoms with E-state index in [4.69, 9.17) is 4.74 Å². The molecule has 26 heavy (non-hydrogen) atoms. The number of amides is 2. The Morgan fingerprint density at radius 2 is 1.92 bits per heavy atom. The van der Waals surface area contributed by atoms with Gasteiger partial charge in [-0.25, -0.2) is 4.98 Å². The number of nitrogens with one attached hydrogen (secondary N) is 2. The summed E-state index contributed by atoms with van der Waals surface area (Å²) >= 11 is 1.54. The molecule has 2 aromatic rings. The zero-order valence-electron chi connectivity index (χ0n) is 15.5. The number of hydrogen-bond donors (Lipinski definition) is 2. The molecule has 2 rings (SSSR count). The molecule has 6 nitrogen and oxygen atoms in total. The van der Waals surface area contributed by atoms with Crippen molar-refractivity contribution in [1.82, 2.24) is 15.6 Å². The number of aryl methyl sites for hydroxylation is 1. The Hall–Kier alpha value is -2.41. The van der Waals surface area contributed by atoms with E-state index in [1.165, 1.54) is 0 Å². The van der Waals surface area contributed by atoms with Gasteiger partial charge in [0.25, 0.3) is 5.91 Å². The Morgan fingerprint density at radius 1 is 1.23 bits per heavy atom. The minimum absolute atomic E-state index is 0.0372. The summed E-state index contributed by atoms with van der Waals surface area (Å²) in [5, 5.41) is 6.65. The van der Waals surface area contributed by atoms with Gasteiger partial charge in [-0.1, -0.05) is 13.8 Å². The second kappa shape index (κ2) is 9.33. The number of aromatic nitrogens is 1. The van der Waals surface area contributed by atoms with Crippen LogP contribution in [0, 0.1) is 12.8 Å². The van der Waals surface area contributed by atoms with Crippen LogP contribution in [0.1, 0.15) is 41.0 Å². The molecule has 0 aliphatic rings. The third kappa shape index (κ3) is 5.56. The molecular formula is C19H25N3O3S. The van der Waals surface area contributed by atoms with Crippen molar-refractivity contribution in [2.75, 3.05) is 6.61 Å². The van der Waals surface area contributed by atoms with Crippen molar-refractivity contribution in [2.45, 2.75) is 40.3 Å². The van der Waals surface area contributed by atoms with Crippen LogP contribution in [-0.2, 0) is 11.3 Å². The summed E-state index contributed by atoms with van der Waals surface area (Å²) in [4.78, 5) is 30.1. The molecule has 0 aliphatic heterocycles. The van der Waals surface area contributed by atoms with Crippen LogP contribution in [-0.4, -0.2) is 29.4 Å². The first kappa shape index (κ1) is 19.9. The zero-order valence-corrected chi connectivity index (χ0v) is 16.4. The van der Waals surface area contributed by atoms with E-state index in [2.05, 4.69) is 15.6 Å². The second-order valence-electron chi connectivity index (χ2n) is 6.22. The normalized spacial score (nSPS) is 11.9. The van der Waals surface area contributed by atoms with E-state index in [0.717, 1.165) is 9.88 Å². The van der Waals surface area contributed by atoms with E-state index >= 15 is 0 Å². The van der Waals surface area contributed by atoms with E-state index < -0.39 is 6.04 Å². The van der Waals surface area contributed by atoms with Crippen molar-refractivity contribution in [3.63, 3.8) is 0 Å². The standard InChI is InChI=1S/C19H25N3O3S/c1-5-25-15-8-6-14(7-9-15)18(23)22-17(12(2)3)19(24)21-11-16-10-20-13(4)26-16/h6-10,12,17H,5,11H2,1-4H3,(H,21,24)(H,22,23). The lowest BCUT2D eigenvalue weighted by Crippen LogP contribution is -2.49. The summed E-state index contributed by atoms with van der Waals surface area (Å²) in [6.07, 6.45) is 1.75. The molecule has 1 unspecified atom stereocenters. The van der Waals surface area contributed by atoms with Crippen LogP contribution in [0.25, 0.3) is 0 Å². The Balaban J connectivity index is 1.97. The first-order chi connectivity index (χ1) is 12.4. The fourth-order valence-electron chi connectivity index (χ4n) is 2.40. The van der Waals surface area contributed by atoms with Gasteiger partial charge >= 0.3 is 0 Å². The van der Waals surface area contributed by atoms with E-state index in [1.807, 2.05) is 27.7 Å². The Morgan fingerprint density at radius 3 is 2.46 bits per heavy atom. The first-order valence-corrected chi connectivity index (χ1v) is 9.45. The van der Waals surface area contributed by atoms with Gasteiger partial charge in [-0.15, -0.1) is 11.3 Å². The maximum Gasteiger partial charge on any atom is 0.251 e. The minimum Gasteiger partial charge on any atom is -0.494 e. The van der Waals surface area contributed by atoms with Gasteiger partial charge in [0.15, 0.2) is 0 Å². The number of ether oxygens (including phenoxy) is 1. The molecule has 0 bridgehead atoms. The number of nitrogens with zero attached hydrogens (tertiary/aromatic N) is 1. The van der Waals surface area contributed by atoms with Gasteiger partial charge in [0.1, 0.15) is 11.8 Å². The molecule has 0 aliphatic carbocycles. The Bertz CT molecular complexity index is 741. The lowest BCUT2D eigenvalue weighted by molar-refractivity contribution is -0.124. The highest BCUT2D eigenvalue weighted by Gasteiger charge is 2.24. The molecule has 0 fully saturated rings. The highest BCUT2D eigenvalue weighted by atomic mass is 32.1. The van der Waals surface area contributed by atoms with Crippen molar-refractivity contribution in [3.8, 4) is 5.75 Å². The molecule has 140 valence electrons. The van der Waals surface area contributed by atoms with Crippen molar-refractivity contribution < 1.29 is 14.3 Å². The SMILES string of the molecule is CCOc1ccc(C(=O)NC(C(=O)NCc2cnc(C)s2)C(C)C)cc1. The van der Waals surface area contributed by atoms with Crippen LogP contribution in [0.5, 0.6) is 5.75 Å². The maximum absolute atomic E-state index is 12.5. The van der Waals surface area contributed by atoms with Crippen LogP contribution < -0.4 is 15.4 Å². The van der Waals surface area contributed by atoms with Gasteiger partial charge in [0.2, 0.25) is 5.91 Å². The first-order valence-electron chi connectivity index (χ1n) is 8.63. The lowest BCUT2D eigenvalue weighted by Gasteiger charge is -2.21. The van der Waals surface area contributed by atoms with Gasteiger partial charge < -0.3 is 15.4 Å². The van der Waals surface area contributed by atoms with E-state index in [-0.39, 0.29) is 17.7 Å². The van der Waals surface area contributed by atoms with Crippen LogP contribution in [0.3, 0.4) is 0 Å². The predicted molar refractivity (Wildman–Crippen MR) is 102 cm³/mol. The zero-order chi connectivity index (χ0) is 19.1. The van der Waals surface area contributed by atoms with Gasteiger partial charge in [-0.05, 0) is 44.0 Å². The quantitative estimate of drug-likeness (QED) is 0.743. The maximum atomic E-state index is 12.5. The van der Waals surface area contributed by atoms with Gasteiger partial charge in [-0.2, -0.15) is 0 Å². The van der Waals surface area contributed by atoms with E-state index in [0.29, 0.717) is 24.5 Å². The summed E-state index contributed by atoms with van der Waals surface area (Å²) in [6.45, 7) is 8.61. The van der Waals surface area contributed by atoms with Gasteiger partial charge in [-0.3, -0.25) is 9.59 Å². The number of carbonyl (C=O) groups is 2. The minimum atomic E-state index is -0.608. The average molecular weight is 375 g/mol. The number of hydrogen-bond acceptors (Lipinski definition) is 5. The summed E-state index contributed by atoms with van der Waals surface area (Å²) in [7, 11) is 0. The number of thiazole rings is 1. The summed E-state index contributed by atoms with van der Waals surface area (Å²) < 4.78 is 5.37. The molecular weight excluding hydrogens is 350 g/mol. The van der Waals surface area contributed by atoms with Crippen molar-refractivity contribution in [1.29, 1.82) is 0 Å². The second-order valence-corrected chi connectivity index (χ2v) is 7.54. The van der Waals surface area contributed by atoms with Gasteiger partial charge in [0, 0.05) is 16.6 Å². The third-order valence-electron chi connectivity index (χ3n) is 3.77. The Labute approximate surface area is 158 Å². The number of benzene rings is 1. The smallest absolute Gasteiger partial charge is 0.251 e. The fourth-order valence-corrected chi connectivity index (χ4v) is 3.13. The van der Waals surface area contributed by atoms with Gasteiger partial charge in [0.05, 0.1) is 18.2 Å². The monoisotopic (exact) mass is 375 g/mol. The molecule has 0 saturated carbocycles. The van der Waals surface area contributed by atoms with Crippen molar-refractivity contribution in [3.05, 3.63) is 45.9 Å². The molecule has 0 radical (unpaired) electrons. The third-order valence-corrected chi connectivity index (χ3v) is 4.68. The number of carbonyl (C=O) groups excluding carboxylic acids is 2. The molecule has 0 saturated heterocycles. The molecule has 1 atom stereocenters. The average Bonchev–Trinajstić information content (AvgIpc) is 3.03. The van der Waals surface area contributed by atoms with Crippen LogP contribution in [0.4, 0.5) is 0 Å². The Kier molecular flexibility index (Phi) is 7.15. The lowest BCUT2D eigenvalue weighted by atomic mass is 10.0. The van der Waals surface area contributed by atoms with Crippen LogP contribution in [0.2, 0.25) is 0 Å². The van der Waals surface area contributed by atoms with E-state index in [9.17, 15) is 9.59 Å². The molecule has 1 aromatic carbocycles. The molecule has 2 N–H and O–H groups in total. The predicted octanol–water partition coefficient (Wildman–Crippen LogP) is 2.92. The highest BCUT2D eigenvalue weighted by Crippen LogP contribution is 2.14. The van der Waals surface area contributed by atoms with Crippen LogP contribution in [0.15, 0.2) is 30.5 Å². The highest BCUT2D eigenvalue weighted by molar-refractivity contribution is 7.11. The topological polar surface area (TPSA) is 80.3 Å². The van der Waals surface area contributed by atoms with Crippen molar-refractivity contribution >= 4 is 23.2 Å². The molecule has 0 spiro atoms. The largest absolute Gasteiger partial charge is 0.494 e. The molecule has 1 heterocycles. The van der Waals surface area contributed by atoms with E-state index in [1.54, 1.807) is 41.8 Å². The summed E-state index contributed by atoms with van der Waals surface area (Å²) in [6, 6.07) is 6.26. The molecule has 1 aromatic heterocycles. The molecule has 7 heteroatoms. The summed E-state index contributed by atoms with van der Waals surface area (Å²) in [5.74, 6) is 0.188. The summed E-state index contributed by atoms with van der Waals surface area (Å²) in [5.41, 5.74) is 0.491. The molecule has 2 amide bonds. The van der Waals surface area contributed by atoms with Crippen LogP contribution >= 0.6 is 11.3 Å². The number of rotatable bonds is 8. The fraction of sp³-hybridized carbons (Fsp3) is 0.421. The van der Waals surface area contributed by atoms with Crippen molar-refractivity contribution in [2.24, 2.45) is 5.92 Å².